The lowest BCUT2D eigenvalue weighted by Crippen LogP contribution is -2.55. The third kappa shape index (κ3) is 6.77. The van der Waals surface area contributed by atoms with Gasteiger partial charge in [0.15, 0.2) is 5.82 Å². The summed E-state index contributed by atoms with van der Waals surface area (Å²) in [5.41, 5.74) is -2.25. The summed E-state index contributed by atoms with van der Waals surface area (Å²) in [7, 11) is 1.83. The van der Waals surface area contributed by atoms with Gasteiger partial charge in [-0.2, -0.15) is 18.4 Å². The SMILES string of the molecule is CCOCCCCOc1ccc(-c2ccc(N3SSN(c4ccc(C#N)c(C(F)(F)F)c4F)C(=O)C3(C)C)cn2)cc1. The molecular weight excluding hydrogens is 592 g/mol. The molecule has 0 saturated carbocycles. The van der Waals surface area contributed by atoms with E-state index in [4.69, 9.17) is 14.7 Å². The Morgan fingerprint density at radius 1 is 1.02 bits per heavy atom. The molecule has 0 unspecified atom stereocenters. The zero-order chi connectivity index (χ0) is 30.5. The second kappa shape index (κ2) is 13.2. The number of carbonyl (C=O) groups is 1. The van der Waals surface area contributed by atoms with E-state index in [0.717, 1.165) is 69.2 Å². The minimum Gasteiger partial charge on any atom is -0.494 e. The van der Waals surface area contributed by atoms with Crippen LogP contribution in [-0.2, 0) is 15.7 Å². The van der Waals surface area contributed by atoms with Crippen LogP contribution in [0.4, 0.5) is 28.9 Å². The maximum Gasteiger partial charge on any atom is 0.420 e. The van der Waals surface area contributed by atoms with Crippen LogP contribution in [0, 0.1) is 17.1 Å². The van der Waals surface area contributed by atoms with E-state index in [1.807, 2.05) is 31.2 Å². The van der Waals surface area contributed by atoms with Crippen LogP contribution in [0.1, 0.15) is 44.7 Å². The van der Waals surface area contributed by atoms with E-state index in [2.05, 4.69) is 4.98 Å². The highest BCUT2D eigenvalue weighted by molar-refractivity contribution is 8.78. The Kier molecular flexibility index (Phi) is 9.91. The summed E-state index contributed by atoms with van der Waals surface area (Å²) in [6.07, 6.45) is -1.68. The van der Waals surface area contributed by atoms with E-state index in [1.165, 1.54) is 6.07 Å². The average molecular weight is 621 g/mol. The average Bonchev–Trinajstić information content (AvgIpc) is 2.96. The van der Waals surface area contributed by atoms with Crippen LogP contribution in [0.25, 0.3) is 11.3 Å². The van der Waals surface area contributed by atoms with E-state index >= 15 is 4.39 Å². The third-order valence-corrected chi connectivity index (χ3v) is 8.92. The van der Waals surface area contributed by atoms with Crippen LogP contribution >= 0.6 is 22.0 Å². The second-order valence-electron chi connectivity index (χ2n) is 9.71. The number of benzene rings is 2. The summed E-state index contributed by atoms with van der Waals surface area (Å²) in [6.45, 7) is 7.16. The first kappa shape index (κ1) is 31.5. The molecule has 1 aromatic heterocycles. The van der Waals surface area contributed by atoms with Crippen molar-refractivity contribution >= 4 is 39.2 Å². The van der Waals surface area contributed by atoms with Crippen molar-refractivity contribution in [2.75, 3.05) is 28.4 Å². The molecule has 0 radical (unpaired) electrons. The van der Waals surface area contributed by atoms with Crippen molar-refractivity contribution in [1.82, 2.24) is 4.98 Å². The van der Waals surface area contributed by atoms with Crippen LogP contribution in [0.5, 0.6) is 5.75 Å². The van der Waals surface area contributed by atoms with E-state index in [1.54, 1.807) is 36.5 Å². The first-order valence-electron chi connectivity index (χ1n) is 13.1. The molecule has 0 N–H and O–H groups in total. The van der Waals surface area contributed by atoms with Crippen molar-refractivity contribution in [3.8, 4) is 23.1 Å². The number of aromatic nitrogens is 1. The molecule has 7 nitrogen and oxygen atoms in total. The fourth-order valence-corrected chi connectivity index (χ4v) is 6.94. The first-order chi connectivity index (χ1) is 20.0. The number of carbonyl (C=O) groups excluding carboxylic acids is 1. The molecule has 2 aromatic carbocycles. The van der Waals surface area contributed by atoms with Gasteiger partial charge in [-0.3, -0.25) is 14.1 Å². The van der Waals surface area contributed by atoms with Gasteiger partial charge < -0.3 is 9.47 Å². The number of anilines is 2. The predicted octanol–water partition coefficient (Wildman–Crippen LogP) is 7.82. The highest BCUT2D eigenvalue weighted by atomic mass is 33.1. The number of pyridine rings is 1. The molecule has 0 spiro atoms. The highest BCUT2D eigenvalue weighted by Crippen LogP contribution is 2.49. The number of unbranched alkanes of at least 4 members (excludes halogenated alkanes) is 1. The van der Waals surface area contributed by atoms with Gasteiger partial charge in [0.2, 0.25) is 0 Å². The summed E-state index contributed by atoms with van der Waals surface area (Å²) in [6, 6.07) is 14.4. The lowest BCUT2D eigenvalue weighted by Gasteiger charge is -2.44. The summed E-state index contributed by atoms with van der Waals surface area (Å²) >= 11 is 0. The standard InChI is InChI=1S/C29H28F4N4O3S2/c1-4-39-15-5-6-16-40-22-11-7-19(8-12-22)23-13-10-21(18-35-23)37-28(2,3)27(38)36(41-42-37)24-14-9-20(17-34)25(26(24)30)29(31,32)33/h7-14,18H,4-6,15-16H2,1-3H3. The number of amides is 1. The molecule has 1 aliphatic rings. The van der Waals surface area contributed by atoms with Gasteiger partial charge >= 0.3 is 6.18 Å². The molecule has 0 atom stereocenters. The molecule has 1 fully saturated rings. The Bertz CT molecular complexity index is 1450. The molecule has 2 heterocycles. The molecule has 4 rings (SSSR count). The van der Waals surface area contributed by atoms with Crippen molar-refractivity contribution in [1.29, 1.82) is 5.26 Å². The molecule has 3 aromatic rings. The van der Waals surface area contributed by atoms with Crippen molar-refractivity contribution in [2.45, 2.75) is 45.3 Å². The Hall–Kier alpha value is -3.47. The highest BCUT2D eigenvalue weighted by Gasteiger charge is 2.47. The molecule has 1 aliphatic heterocycles. The van der Waals surface area contributed by atoms with E-state index in [-0.39, 0.29) is 0 Å². The maximum atomic E-state index is 15.1. The summed E-state index contributed by atoms with van der Waals surface area (Å²) < 4.78 is 69.3. The monoisotopic (exact) mass is 620 g/mol. The second-order valence-corrected chi connectivity index (χ2v) is 11.6. The molecule has 0 bridgehead atoms. The molecule has 13 heteroatoms. The number of hydrogen-bond acceptors (Lipinski definition) is 8. The topological polar surface area (TPSA) is 78.7 Å². The van der Waals surface area contributed by atoms with Crippen LogP contribution in [0.3, 0.4) is 0 Å². The number of nitrogens with zero attached hydrogens (tertiary/aromatic N) is 4. The molecule has 222 valence electrons. The number of ether oxygens (including phenoxy) is 2. The van der Waals surface area contributed by atoms with E-state index < -0.39 is 40.3 Å². The van der Waals surface area contributed by atoms with Gasteiger partial charge in [0.25, 0.3) is 5.91 Å². The lowest BCUT2D eigenvalue weighted by molar-refractivity contribution is -0.140. The number of rotatable bonds is 10. The summed E-state index contributed by atoms with van der Waals surface area (Å²) in [4.78, 5) is 18.0. The van der Waals surface area contributed by atoms with Crippen LogP contribution in [-0.4, -0.2) is 36.3 Å². The Balaban J connectivity index is 1.46. The molecular formula is C29H28F4N4O3S2. The van der Waals surface area contributed by atoms with Crippen molar-refractivity contribution in [3.63, 3.8) is 0 Å². The Morgan fingerprint density at radius 3 is 2.36 bits per heavy atom. The molecule has 1 amide bonds. The fourth-order valence-electron chi connectivity index (χ4n) is 4.18. The molecule has 42 heavy (non-hydrogen) atoms. The van der Waals surface area contributed by atoms with Gasteiger partial charge in [-0.05, 0) is 82.1 Å². The number of hydrogen-bond donors (Lipinski definition) is 0. The molecule has 1 saturated heterocycles. The van der Waals surface area contributed by atoms with Gasteiger partial charge in [-0.15, -0.1) is 0 Å². The van der Waals surface area contributed by atoms with Crippen molar-refractivity contribution < 1.29 is 31.8 Å². The number of alkyl halides is 3. The van der Waals surface area contributed by atoms with Crippen LogP contribution in [0.15, 0.2) is 54.7 Å². The van der Waals surface area contributed by atoms with Gasteiger partial charge in [0, 0.05) is 29.8 Å². The maximum absolute atomic E-state index is 15.1. The Morgan fingerprint density at radius 2 is 1.74 bits per heavy atom. The van der Waals surface area contributed by atoms with Gasteiger partial charge in [0.1, 0.15) is 16.9 Å². The lowest BCUT2D eigenvalue weighted by atomic mass is 10.0. The van der Waals surface area contributed by atoms with Crippen LogP contribution < -0.4 is 13.3 Å². The van der Waals surface area contributed by atoms with E-state index in [9.17, 15) is 18.0 Å². The Labute approximate surface area is 249 Å². The van der Waals surface area contributed by atoms with Gasteiger partial charge in [0.05, 0.1) is 52.5 Å². The van der Waals surface area contributed by atoms with Gasteiger partial charge in [-0.25, -0.2) is 8.70 Å². The molecule has 0 aliphatic carbocycles. The first-order valence-corrected chi connectivity index (χ1v) is 15.1. The largest absolute Gasteiger partial charge is 0.494 e. The number of halogens is 4. The van der Waals surface area contributed by atoms with Gasteiger partial charge in [-0.1, -0.05) is 0 Å². The van der Waals surface area contributed by atoms with Crippen molar-refractivity contribution in [2.24, 2.45) is 0 Å². The van der Waals surface area contributed by atoms with Crippen LogP contribution in [0.2, 0.25) is 0 Å². The zero-order valence-corrected chi connectivity index (χ0v) is 24.7. The minimum absolute atomic E-state index is 0.567. The summed E-state index contributed by atoms with van der Waals surface area (Å²) in [5.74, 6) is -1.56. The summed E-state index contributed by atoms with van der Waals surface area (Å²) in [5, 5.41) is 9.04. The smallest absolute Gasteiger partial charge is 0.420 e. The normalized spacial score (nSPS) is 15.0. The fraction of sp³-hybridized carbons (Fsp3) is 0.345. The van der Waals surface area contributed by atoms with Crippen molar-refractivity contribution in [3.05, 3.63) is 71.7 Å². The zero-order valence-electron chi connectivity index (χ0n) is 23.1. The third-order valence-electron chi connectivity index (χ3n) is 6.43. The predicted molar refractivity (Wildman–Crippen MR) is 156 cm³/mol. The minimum atomic E-state index is -5.10. The quantitative estimate of drug-likeness (QED) is 0.0983. The number of nitriles is 1. The van der Waals surface area contributed by atoms with E-state index in [0.29, 0.717) is 24.6 Å².